The van der Waals surface area contributed by atoms with Gasteiger partial charge in [0.25, 0.3) is 11.8 Å². The largest absolute Gasteiger partial charge is 0.543 e. The lowest BCUT2D eigenvalue weighted by Crippen LogP contribution is -2.71. The van der Waals surface area contributed by atoms with E-state index in [1.54, 1.807) is 34.9 Å². The fraction of sp³-hybridized carbons (Fsp3) is 0.400. The number of thioether (sulfide) groups is 1. The first-order valence-electron chi connectivity index (χ1n) is 10.7. The van der Waals surface area contributed by atoms with E-state index in [0.29, 0.717) is 5.57 Å². The number of carboxylic acid groups (broad SMARTS) is 2. The summed E-state index contributed by atoms with van der Waals surface area (Å²) in [6.07, 6.45) is 3.56. The van der Waals surface area contributed by atoms with Crippen LogP contribution in [0.25, 0.3) is 0 Å². The zero-order valence-electron chi connectivity index (χ0n) is 19.8. The molecule has 4 heterocycles. The van der Waals surface area contributed by atoms with E-state index < -0.39 is 46.5 Å². The van der Waals surface area contributed by atoms with Crippen molar-refractivity contribution >= 4 is 57.9 Å². The fourth-order valence-electron chi connectivity index (χ4n) is 3.53. The third kappa shape index (κ3) is 4.99. The maximum absolute atomic E-state index is 13.1. The summed E-state index contributed by atoms with van der Waals surface area (Å²) in [4.78, 5) is 59.4. The van der Waals surface area contributed by atoms with Crippen molar-refractivity contribution in [1.82, 2.24) is 24.3 Å². The summed E-state index contributed by atoms with van der Waals surface area (Å²) < 4.78 is 7.45. The molecule has 17 heteroatoms. The molecule has 0 aromatic carbocycles. The number of aryl methyl sites for hydroxylation is 1. The molecule has 4 rings (SSSR count). The van der Waals surface area contributed by atoms with Gasteiger partial charge in [-0.25, -0.2) is 4.79 Å². The van der Waals surface area contributed by atoms with Crippen LogP contribution in [0.5, 0.6) is 0 Å². The number of hydrogen-bond donors (Lipinski definition) is 3. The van der Waals surface area contributed by atoms with E-state index in [1.165, 1.54) is 25.6 Å². The van der Waals surface area contributed by atoms with Crippen molar-refractivity contribution in [2.24, 2.45) is 12.2 Å². The van der Waals surface area contributed by atoms with Crippen LogP contribution in [0.1, 0.15) is 19.7 Å². The van der Waals surface area contributed by atoms with Gasteiger partial charge >= 0.3 is 5.97 Å². The molecule has 0 unspecified atom stereocenters. The van der Waals surface area contributed by atoms with Crippen LogP contribution in [0.15, 0.2) is 34.9 Å². The Morgan fingerprint density at radius 1 is 1.43 bits per heavy atom. The molecule has 2 atom stereocenters. The number of nitrogens with two attached hydrogens (primary N) is 1. The number of aromatic nitrogens is 4. The van der Waals surface area contributed by atoms with Gasteiger partial charge in [-0.1, -0.05) is 5.16 Å². The number of hydrogen-bond acceptors (Lipinski definition) is 12. The van der Waals surface area contributed by atoms with Gasteiger partial charge in [-0.05, 0) is 19.4 Å². The van der Waals surface area contributed by atoms with Crippen LogP contribution in [-0.4, -0.2) is 76.3 Å². The van der Waals surface area contributed by atoms with Crippen molar-refractivity contribution in [3.63, 3.8) is 0 Å². The number of rotatable bonds is 9. The first-order chi connectivity index (χ1) is 17.4. The Morgan fingerprint density at radius 3 is 2.73 bits per heavy atom. The van der Waals surface area contributed by atoms with Gasteiger partial charge in [0, 0.05) is 23.4 Å². The lowest BCUT2D eigenvalue weighted by molar-refractivity contribution is -0.752. The zero-order chi connectivity index (χ0) is 27.1. The predicted molar refractivity (Wildman–Crippen MR) is 126 cm³/mol. The second-order valence-corrected chi connectivity index (χ2v) is 10.5. The molecule has 2 aliphatic heterocycles. The normalized spacial score (nSPS) is 19.8. The van der Waals surface area contributed by atoms with Gasteiger partial charge in [0.05, 0.1) is 17.9 Å². The maximum Gasteiger partial charge on any atom is 0.350 e. The van der Waals surface area contributed by atoms with Crippen molar-refractivity contribution in [3.8, 4) is 0 Å². The van der Waals surface area contributed by atoms with Gasteiger partial charge in [-0.3, -0.25) is 14.5 Å². The Morgan fingerprint density at radius 2 is 2.16 bits per heavy atom. The number of nitrogen functional groups attached to an aromatic ring is 1. The molecule has 196 valence electrons. The van der Waals surface area contributed by atoms with Crippen molar-refractivity contribution in [2.75, 3.05) is 11.5 Å². The highest BCUT2D eigenvalue weighted by Gasteiger charge is 2.53. The summed E-state index contributed by atoms with van der Waals surface area (Å²) in [6.45, 7) is 2.68. The number of nitrogens with one attached hydrogen (secondary N) is 1. The average Bonchev–Trinajstić information content (AvgIpc) is 3.44. The number of aliphatic carboxylic acids is 2. The number of nitrogens with zero attached hydrogens (tertiary/aromatic N) is 6. The minimum absolute atomic E-state index is 0.0223. The fourth-order valence-corrected chi connectivity index (χ4v) is 5.30. The van der Waals surface area contributed by atoms with Crippen LogP contribution < -0.4 is 20.8 Å². The SMILES string of the molecule is C[n+]1cccn1CC1=C(C(=O)[O-])N2C(=O)[C@@H](NC(=O)/C(=N\OC(C)(C)C(=O)O)c3nsc(N)n3)[C@H]2SC1. The van der Waals surface area contributed by atoms with Gasteiger partial charge < -0.3 is 30.9 Å². The molecular formula is C20H22N8O7S2. The standard InChI is InChI=1S/C20H22N8O7S2/c1-20(2,18(33)34)35-24-10(13-23-19(21)37-25-13)14(29)22-11-15(30)28-12(17(31)32)9(8-36-16(11)28)7-27-6-4-5-26(27)3/h4-6,11,16H,7-8H2,1-3H3,(H4-,21,22,23,25,29,31,32,33,34)/b24-10-/t11-,16-/m1/s1. The maximum atomic E-state index is 13.1. The number of oxime groups is 1. The topological polar surface area (TPSA) is 209 Å². The van der Waals surface area contributed by atoms with Crippen molar-refractivity contribution in [2.45, 2.75) is 37.4 Å². The third-order valence-electron chi connectivity index (χ3n) is 5.59. The van der Waals surface area contributed by atoms with Crippen LogP contribution >= 0.6 is 23.3 Å². The van der Waals surface area contributed by atoms with E-state index in [2.05, 4.69) is 19.8 Å². The second-order valence-electron chi connectivity index (χ2n) is 8.57. The monoisotopic (exact) mass is 550 g/mol. The summed E-state index contributed by atoms with van der Waals surface area (Å²) >= 11 is 2.05. The van der Waals surface area contributed by atoms with Gasteiger partial charge in [0.2, 0.25) is 17.1 Å². The lowest BCUT2D eigenvalue weighted by Gasteiger charge is -2.50. The molecule has 2 aromatic rings. The van der Waals surface area contributed by atoms with Crippen LogP contribution in [-0.2, 0) is 37.6 Å². The first kappa shape index (κ1) is 26.1. The summed E-state index contributed by atoms with van der Waals surface area (Å²) in [5.74, 6) is -4.36. The molecule has 0 spiro atoms. The van der Waals surface area contributed by atoms with Crippen molar-refractivity contribution in [3.05, 3.63) is 35.6 Å². The molecule has 2 aliphatic rings. The van der Waals surface area contributed by atoms with Gasteiger partial charge in [0.15, 0.2) is 18.4 Å². The summed E-state index contributed by atoms with van der Waals surface area (Å²) in [6, 6.07) is 0.702. The van der Waals surface area contributed by atoms with Gasteiger partial charge in [-0.15, -0.1) is 16.4 Å². The number of carbonyl (C=O) groups is 4. The number of anilines is 1. The van der Waals surface area contributed by atoms with E-state index in [1.807, 2.05) is 0 Å². The van der Waals surface area contributed by atoms with E-state index in [0.717, 1.165) is 16.4 Å². The van der Waals surface area contributed by atoms with Gasteiger partial charge in [-0.2, -0.15) is 14.0 Å². The summed E-state index contributed by atoms with van der Waals surface area (Å²) in [5, 5.41) is 26.7. The van der Waals surface area contributed by atoms with Crippen LogP contribution in [0.4, 0.5) is 5.13 Å². The Kier molecular flexibility index (Phi) is 6.92. The Hall–Kier alpha value is -3.99. The number of carboxylic acids is 2. The van der Waals surface area contributed by atoms with Crippen LogP contribution in [0, 0.1) is 0 Å². The Labute approximate surface area is 217 Å². The Bertz CT molecular complexity index is 1350. The number of fused-ring (bicyclic) bond motifs is 1. The molecule has 0 bridgehead atoms. The number of β-lactam (4-membered cyclic amide) rings is 1. The molecular weight excluding hydrogens is 528 g/mol. The minimum Gasteiger partial charge on any atom is -0.543 e. The summed E-state index contributed by atoms with van der Waals surface area (Å²) in [7, 11) is 1.80. The van der Waals surface area contributed by atoms with Crippen molar-refractivity contribution < 1.29 is 38.9 Å². The average molecular weight is 551 g/mol. The van der Waals surface area contributed by atoms with Crippen molar-refractivity contribution in [1.29, 1.82) is 0 Å². The lowest BCUT2D eigenvalue weighted by atomic mass is 10.0. The smallest absolute Gasteiger partial charge is 0.350 e. The zero-order valence-corrected chi connectivity index (χ0v) is 21.4. The quantitative estimate of drug-likeness (QED) is 0.128. The minimum atomic E-state index is -1.78. The second kappa shape index (κ2) is 9.81. The highest BCUT2D eigenvalue weighted by molar-refractivity contribution is 8.00. The van der Waals surface area contributed by atoms with Crippen LogP contribution in [0.3, 0.4) is 0 Å². The number of amides is 2. The summed E-state index contributed by atoms with van der Waals surface area (Å²) in [5.41, 5.74) is 3.57. The molecule has 2 amide bonds. The molecule has 0 radical (unpaired) electrons. The predicted octanol–water partition coefficient (Wildman–Crippen LogP) is -2.57. The van der Waals surface area contributed by atoms with E-state index in [9.17, 15) is 29.4 Å². The molecule has 4 N–H and O–H groups in total. The molecule has 0 saturated carbocycles. The van der Waals surface area contributed by atoms with E-state index in [-0.39, 0.29) is 29.0 Å². The molecule has 1 saturated heterocycles. The molecule has 2 aromatic heterocycles. The Balaban J connectivity index is 1.56. The first-order valence-corrected chi connectivity index (χ1v) is 12.5. The van der Waals surface area contributed by atoms with E-state index in [4.69, 9.17) is 10.6 Å². The molecule has 1 fully saturated rings. The van der Waals surface area contributed by atoms with E-state index >= 15 is 0 Å². The highest BCUT2D eigenvalue weighted by atomic mass is 32.2. The van der Waals surface area contributed by atoms with Crippen LogP contribution in [0.2, 0.25) is 0 Å². The molecule has 15 nitrogen and oxygen atoms in total. The number of carbonyl (C=O) groups excluding carboxylic acids is 3. The molecule has 37 heavy (non-hydrogen) atoms. The van der Waals surface area contributed by atoms with Gasteiger partial charge in [0.1, 0.15) is 18.0 Å². The third-order valence-corrected chi connectivity index (χ3v) is 7.48. The highest BCUT2D eigenvalue weighted by Crippen LogP contribution is 2.40. The molecule has 0 aliphatic carbocycles.